The van der Waals surface area contributed by atoms with Gasteiger partial charge in [0.15, 0.2) is 0 Å². The lowest BCUT2D eigenvalue weighted by Crippen LogP contribution is -2.40. The van der Waals surface area contributed by atoms with Gasteiger partial charge in [-0.2, -0.15) is 5.10 Å². The van der Waals surface area contributed by atoms with Gasteiger partial charge in [-0.3, -0.25) is 4.68 Å². The van der Waals surface area contributed by atoms with E-state index in [1.165, 1.54) is 18.5 Å². The van der Waals surface area contributed by atoms with E-state index in [-0.39, 0.29) is 11.9 Å². The molecule has 0 aliphatic heterocycles. The summed E-state index contributed by atoms with van der Waals surface area (Å²) in [5.41, 5.74) is -0.338. The molecule has 0 saturated carbocycles. The third-order valence-electron chi connectivity index (χ3n) is 3.52. The van der Waals surface area contributed by atoms with Crippen molar-refractivity contribution in [2.45, 2.75) is 38.5 Å². The van der Waals surface area contributed by atoms with Gasteiger partial charge in [0, 0.05) is 19.1 Å². The van der Waals surface area contributed by atoms with Gasteiger partial charge in [0.05, 0.1) is 5.60 Å². The van der Waals surface area contributed by atoms with Gasteiger partial charge in [-0.1, -0.05) is 12.1 Å². The molecule has 0 radical (unpaired) electrons. The summed E-state index contributed by atoms with van der Waals surface area (Å²) in [5, 5.41) is 17.8. The van der Waals surface area contributed by atoms with Crippen molar-refractivity contribution < 1.29 is 9.50 Å². The van der Waals surface area contributed by atoms with E-state index in [2.05, 4.69) is 22.3 Å². The van der Waals surface area contributed by atoms with E-state index in [1.54, 1.807) is 30.1 Å². The van der Waals surface area contributed by atoms with Crippen LogP contribution in [0, 0.1) is 5.82 Å². The van der Waals surface area contributed by atoms with Crippen LogP contribution in [0.25, 0.3) is 0 Å². The van der Waals surface area contributed by atoms with Gasteiger partial charge in [-0.25, -0.2) is 9.37 Å². The lowest BCUT2D eigenvalue weighted by Gasteiger charge is -2.26. The smallest absolute Gasteiger partial charge is 0.137 e. The Bertz CT molecular complexity index is 539. The summed E-state index contributed by atoms with van der Waals surface area (Å²) < 4.78 is 14.7. The molecular formula is C15H21FN4O. The summed E-state index contributed by atoms with van der Waals surface area (Å²) >= 11 is 0. The summed E-state index contributed by atoms with van der Waals surface area (Å²) in [4.78, 5) is 3.89. The van der Waals surface area contributed by atoms with E-state index in [9.17, 15) is 9.50 Å². The minimum Gasteiger partial charge on any atom is -0.384 e. The highest BCUT2D eigenvalue weighted by Gasteiger charge is 2.23. The van der Waals surface area contributed by atoms with Crippen molar-refractivity contribution in [1.29, 1.82) is 0 Å². The minimum absolute atomic E-state index is 0.223. The Morgan fingerprint density at radius 3 is 2.71 bits per heavy atom. The largest absolute Gasteiger partial charge is 0.384 e. The Hall–Kier alpha value is -1.79. The third-order valence-corrected chi connectivity index (χ3v) is 3.52. The van der Waals surface area contributed by atoms with Gasteiger partial charge in [0.2, 0.25) is 0 Å². The molecule has 0 aliphatic carbocycles. The van der Waals surface area contributed by atoms with Crippen LogP contribution in [0.15, 0.2) is 36.9 Å². The molecule has 2 unspecified atom stereocenters. The van der Waals surface area contributed by atoms with Gasteiger partial charge in [-0.15, -0.1) is 0 Å². The Kier molecular flexibility index (Phi) is 5.03. The summed E-state index contributed by atoms with van der Waals surface area (Å²) in [6.07, 6.45) is 4.07. The van der Waals surface area contributed by atoms with E-state index in [1.807, 2.05) is 0 Å². The average Bonchev–Trinajstić information content (AvgIpc) is 2.97. The van der Waals surface area contributed by atoms with Crippen LogP contribution in [-0.4, -0.2) is 32.5 Å². The maximum Gasteiger partial charge on any atom is 0.137 e. The molecule has 21 heavy (non-hydrogen) atoms. The number of aryl methyl sites for hydroxylation is 1. The first-order chi connectivity index (χ1) is 9.97. The van der Waals surface area contributed by atoms with Crippen LogP contribution in [0.3, 0.4) is 0 Å². The first-order valence-corrected chi connectivity index (χ1v) is 7.01. The normalized spacial score (nSPS) is 15.6. The van der Waals surface area contributed by atoms with Crippen molar-refractivity contribution in [1.82, 2.24) is 20.1 Å². The molecule has 0 fully saturated rings. The molecule has 0 amide bonds. The number of benzene rings is 1. The second-order valence-electron chi connectivity index (χ2n) is 5.51. The van der Waals surface area contributed by atoms with Crippen molar-refractivity contribution in [3.05, 3.63) is 48.3 Å². The third kappa shape index (κ3) is 4.61. The van der Waals surface area contributed by atoms with Crippen LogP contribution in [0.2, 0.25) is 0 Å². The molecule has 0 bridgehead atoms. The van der Waals surface area contributed by atoms with Crippen molar-refractivity contribution in [3.8, 4) is 0 Å². The molecule has 0 spiro atoms. The molecule has 0 aliphatic rings. The number of halogens is 1. The SMILES string of the molecule is CC(CCn1cncn1)NCC(C)(O)c1ccc(F)cc1. The number of aromatic nitrogens is 3. The molecule has 2 aromatic rings. The quantitative estimate of drug-likeness (QED) is 0.815. The molecule has 1 aromatic carbocycles. The summed E-state index contributed by atoms with van der Waals surface area (Å²) in [5.74, 6) is -0.302. The predicted octanol–water partition coefficient (Wildman–Crippen LogP) is 1.69. The average molecular weight is 292 g/mol. The van der Waals surface area contributed by atoms with Gasteiger partial charge < -0.3 is 10.4 Å². The molecule has 5 nitrogen and oxygen atoms in total. The predicted molar refractivity (Wildman–Crippen MR) is 78.1 cm³/mol. The first kappa shape index (κ1) is 15.6. The van der Waals surface area contributed by atoms with Crippen molar-refractivity contribution in [2.24, 2.45) is 0 Å². The van der Waals surface area contributed by atoms with Crippen LogP contribution in [0.1, 0.15) is 25.8 Å². The second-order valence-corrected chi connectivity index (χ2v) is 5.51. The maximum atomic E-state index is 12.9. The summed E-state index contributed by atoms with van der Waals surface area (Å²) in [7, 11) is 0. The number of hydrogen-bond acceptors (Lipinski definition) is 4. The Morgan fingerprint density at radius 1 is 1.38 bits per heavy atom. The fourth-order valence-corrected chi connectivity index (χ4v) is 2.06. The minimum atomic E-state index is -1.03. The molecule has 0 saturated heterocycles. The zero-order valence-corrected chi connectivity index (χ0v) is 12.3. The highest BCUT2D eigenvalue weighted by molar-refractivity contribution is 5.22. The van der Waals surface area contributed by atoms with Crippen LogP contribution in [0.5, 0.6) is 0 Å². The van der Waals surface area contributed by atoms with Crippen molar-refractivity contribution in [2.75, 3.05) is 6.54 Å². The second kappa shape index (κ2) is 6.78. The van der Waals surface area contributed by atoms with Crippen LogP contribution in [-0.2, 0) is 12.1 Å². The Labute approximate surface area is 123 Å². The molecular weight excluding hydrogens is 271 g/mol. The zero-order chi connectivity index (χ0) is 15.3. The Morgan fingerprint density at radius 2 is 2.10 bits per heavy atom. The van der Waals surface area contributed by atoms with Gasteiger partial charge in [-0.05, 0) is 38.0 Å². The highest BCUT2D eigenvalue weighted by atomic mass is 19.1. The van der Waals surface area contributed by atoms with Gasteiger partial charge >= 0.3 is 0 Å². The van der Waals surface area contributed by atoms with Gasteiger partial charge in [0.25, 0.3) is 0 Å². The molecule has 1 heterocycles. The van der Waals surface area contributed by atoms with E-state index in [0.29, 0.717) is 12.1 Å². The fourth-order valence-electron chi connectivity index (χ4n) is 2.06. The topological polar surface area (TPSA) is 63.0 Å². The number of aliphatic hydroxyl groups is 1. The molecule has 114 valence electrons. The number of hydrogen-bond donors (Lipinski definition) is 2. The number of nitrogens with zero attached hydrogens (tertiary/aromatic N) is 3. The van der Waals surface area contributed by atoms with E-state index in [4.69, 9.17) is 0 Å². The molecule has 6 heteroatoms. The van der Waals surface area contributed by atoms with Crippen molar-refractivity contribution in [3.63, 3.8) is 0 Å². The zero-order valence-electron chi connectivity index (χ0n) is 12.3. The van der Waals surface area contributed by atoms with Gasteiger partial charge in [0.1, 0.15) is 18.5 Å². The molecule has 2 N–H and O–H groups in total. The van der Waals surface area contributed by atoms with E-state index in [0.717, 1.165) is 13.0 Å². The maximum absolute atomic E-state index is 12.9. The number of rotatable bonds is 7. The van der Waals surface area contributed by atoms with Crippen LogP contribution < -0.4 is 5.32 Å². The molecule has 2 atom stereocenters. The monoisotopic (exact) mass is 292 g/mol. The highest BCUT2D eigenvalue weighted by Crippen LogP contribution is 2.20. The standard InChI is InChI=1S/C15H21FN4O/c1-12(7-8-20-11-17-10-19-20)18-9-15(2,21)13-3-5-14(16)6-4-13/h3-6,10-12,18,21H,7-9H2,1-2H3. The lowest BCUT2D eigenvalue weighted by atomic mass is 9.95. The van der Waals surface area contributed by atoms with E-state index >= 15 is 0 Å². The summed E-state index contributed by atoms with van der Waals surface area (Å²) in [6, 6.07) is 6.16. The molecule has 2 rings (SSSR count). The fraction of sp³-hybridized carbons (Fsp3) is 0.467. The number of nitrogens with one attached hydrogen (secondary N) is 1. The first-order valence-electron chi connectivity index (χ1n) is 7.01. The van der Waals surface area contributed by atoms with Crippen molar-refractivity contribution >= 4 is 0 Å². The Balaban J connectivity index is 1.81. The molecule has 1 aromatic heterocycles. The lowest BCUT2D eigenvalue weighted by molar-refractivity contribution is 0.0538. The van der Waals surface area contributed by atoms with Crippen LogP contribution >= 0.6 is 0 Å². The van der Waals surface area contributed by atoms with E-state index < -0.39 is 5.60 Å². The summed E-state index contributed by atoms with van der Waals surface area (Å²) in [6.45, 7) is 4.94. The van der Waals surface area contributed by atoms with Crippen LogP contribution in [0.4, 0.5) is 4.39 Å².